The predicted octanol–water partition coefficient (Wildman–Crippen LogP) is 3.22. The van der Waals surface area contributed by atoms with E-state index in [9.17, 15) is 4.79 Å². The van der Waals surface area contributed by atoms with E-state index in [2.05, 4.69) is 0 Å². The summed E-state index contributed by atoms with van der Waals surface area (Å²) in [6, 6.07) is 18.8. The highest BCUT2D eigenvalue weighted by molar-refractivity contribution is 6.00. The number of amides is 1. The number of nitrogens with zero attached hydrogens (tertiary/aromatic N) is 1. The van der Waals surface area contributed by atoms with Gasteiger partial charge >= 0.3 is 0 Å². The molecule has 0 aromatic heterocycles. The second-order valence-electron chi connectivity index (χ2n) is 4.77. The van der Waals surface area contributed by atoms with Crippen LogP contribution in [0.15, 0.2) is 60.2 Å². The first kappa shape index (κ1) is 15.3. The Morgan fingerprint density at radius 3 is 2.36 bits per heavy atom. The van der Waals surface area contributed by atoms with Crippen molar-refractivity contribution in [1.82, 2.24) is 0 Å². The third kappa shape index (κ3) is 3.97. The van der Waals surface area contributed by atoms with Gasteiger partial charge in [0, 0.05) is 0 Å². The maximum absolute atomic E-state index is 11.0. The Bertz CT molecular complexity index is 713. The molecule has 0 spiro atoms. The molecule has 4 nitrogen and oxygen atoms in total. The molecule has 4 heteroatoms. The minimum atomic E-state index is -0.736. The summed E-state index contributed by atoms with van der Waals surface area (Å²) in [7, 11) is 0. The van der Waals surface area contributed by atoms with Gasteiger partial charge in [-0.25, -0.2) is 0 Å². The van der Waals surface area contributed by atoms with E-state index < -0.39 is 5.91 Å². The monoisotopic (exact) mass is 292 g/mol. The van der Waals surface area contributed by atoms with Crippen LogP contribution in [-0.4, -0.2) is 5.91 Å². The van der Waals surface area contributed by atoms with E-state index in [1.807, 2.05) is 37.3 Å². The van der Waals surface area contributed by atoms with Gasteiger partial charge in [-0.1, -0.05) is 42.5 Å². The van der Waals surface area contributed by atoms with Crippen LogP contribution in [0.1, 0.15) is 24.2 Å². The first-order valence-corrected chi connectivity index (χ1v) is 6.83. The van der Waals surface area contributed by atoms with Gasteiger partial charge in [-0.3, -0.25) is 4.79 Å². The summed E-state index contributed by atoms with van der Waals surface area (Å²) in [5.41, 5.74) is 6.83. The maximum atomic E-state index is 11.0. The number of ether oxygens (including phenoxy) is 1. The highest BCUT2D eigenvalue weighted by atomic mass is 16.5. The first-order valence-electron chi connectivity index (χ1n) is 6.83. The average molecular weight is 292 g/mol. The topological polar surface area (TPSA) is 76.1 Å². The molecule has 1 amide bonds. The molecule has 0 unspecified atom stereocenters. The molecule has 2 rings (SSSR count). The van der Waals surface area contributed by atoms with Crippen molar-refractivity contribution >= 4 is 12.0 Å². The number of nitriles is 1. The van der Waals surface area contributed by atoms with Crippen LogP contribution in [0.4, 0.5) is 0 Å². The lowest BCUT2D eigenvalue weighted by atomic mass is 10.1. The van der Waals surface area contributed by atoms with Gasteiger partial charge in [-0.15, -0.1) is 0 Å². The number of carbonyl (C=O) groups excluding carboxylic acids is 1. The fourth-order valence-electron chi connectivity index (χ4n) is 1.96. The van der Waals surface area contributed by atoms with Crippen molar-refractivity contribution in [2.24, 2.45) is 5.73 Å². The minimum absolute atomic E-state index is 0.0668. The smallest absolute Gasteiger partial charge is 0.259 e. The van der Waals surface area contributed by atoms with E-state index in [4.69, 9.17) is 15.7 Å². The zero-order chi connectivity index (χ0) is 15.9. The zero-order valence-corrected chi connectivity index (χ0v) is 12.2. The molecular formula is C18H16N2O2. The van der Waals surface area contributed by atoms with Crippen molar-refractivity contribution in [3.05, 3.63) is 71.3 Å². The number of carbonyl (C=O) groups is 1. The van der Waals surface area contributed by atoms with Crippen LogP contribution < -0.4 is 10.5 Å². The van der Waals surface area contributed by atoms with Crippen molar-refractivity contribution < 1.29 is 9.53 Å². The molecule has 0 aliphatic carbocycles. The molecule has 0 aliphatic rings. The van der Waals surface area contributed by atoms with E-state index in [1.165, 1.54) is 6.08 Å². The van der Waals surface area contributed by atoms with Gasteiger partial charge in [0.2, 0.25) is 0 Å². The highest BCUT2D eigenvalue weighted by Gasteiger charge is 2.07. The molecule has 0 saturated carbocycles. The van der Waals surface area contributed by atoms with Crippen LogP contribution in [0.25, 0.3) is 6.08 Å². The molecule has 1 atom stereocenters. The normalized spacial score (nSPS) is 12.3. The summed E-state index contributed by atoms with van der Waals surface area (Å²) in [5.74, 6) is -0.0217. The summed E-state index contributed by atoms with van der Waals surface area (Å²) in [6.07, 6.45) is 1.38. The standard InChI is InChI=1S/C18H16N2O2/c1-13(15-5-3-2-4-6-15)22-17-9-7-14(8-10-17)11-16(12-19)18(20)21/h2-11,13H,1H3,(H2,20,21)/b16-11+/t13-/m1/s1. The summed E-state index contributed by atoms with van der Waals surface area (Å²) in [6.45, 7) is 1.98. The third-order valence-corrected chi connectivity index (χ3v) is 3.16. The van der Waals surface area contributed by atoms with Gasteiger partial charge in [0.1, 0.15) is 23.5 Å². The number of primary amides is 1. The van der Waals surface area contributed by atoms with Crippen molar-refractivity contribution in [2.45, 2.75) is 13.0 Å². The fraction of sp³-hybridized carbons (Fsp3) is 0.111. The lowest BCUT2D eigenvalue weighted by molar-refractivity contribution is -0.114. The molecule has 0 radical (unpaired) electrons. The van der Waals surface area contributed by atoms with Gasteiger partial charge in [0.15, 0.2) is 0 Å². The van der Waals surface area contributed by atoms with Gasteiger partial charge in [0.25, 0.3) is 5.91 Å². The summed E-state index contributed by atoms with van der Waals surface area (Å²) >= 11 is 0. The molecule has 22 heavy (non-hydrogen) atoms. The van der Waals surface area contributed by atoms with Crippen LogP contribution in [0.2, 0.25) is 0 Å². The zero-order valence-electron chi connectivity index (χ0n) is 12.2. The van der Waals surface area contributed by atoms with Crippen LogP contribution in [0, 0.1) is 11.3 Å². The summed E-state index contributed by atoms with van der Waals surface area (Å²) in [5, 5.41) is 8.81. The Balaban J connectivity index is 2.10. The minimum Gasteiger partial charge on any atom is -0.486 e. The predicted molar refractivity (Wildman–Crippen MR) is 84.7 cm³/mol. The van der Waals surface area contributed by atoms with Gasteiger partial charge in [-0.05, 0) is 36.3 Å². The van der Waals surface area contributed by atoms with Crippen molar-refractivity contribution in [1.29, 1.82) is 5.26 Å². The number of hydrogen-bond acceptors (Lipinski definition) is 3. The summed E-state index contributed by atoms with van der Waals surface area (Å²) in [4.78, 5) is 11.0. The Morgan fingerprint density at radius 2 is 1.82 bits per heavy atom. The third-order valence-electron chi connectivity index (χ3n) is 3.16. The molecule has 0 heterocycles. The van der Waals surface area contributed by atoms with E-state index in [0.717, 1.165) is 11.1 Å². The molecule has 0 saturated heterocycles. The molecule has 2 aromatic carbocycles. The second-order valence-corrected chi connectivity index (χ2v) is 4.77. The highest BCUT2D eigenvalue weighted by Crippen LogP contribution is 2.22. The SMILES string of the molecule is C[C@@H](Oc1ccc(/C=C(\C#N)C(N)=O)cc1)c1ccccc1. The lowest BCUT2D eigenvalue weighted by Gasteiger charge is -2.15. The van der Waals surface area contributed by atoms with Gasteiger partial charge < -0.3 is 10.5 Å². The summed E-state index contributed by atoms with van der Waals surface area (Å²) < 4.78 is 5.86. The molecule has 2 aromatic rings. The van der Waals surface area contributed by atoms with E-state index >= 15 is 0 Å². The molecular weight excluding hydrogens is 276 g/mol. The Morgan fingerprint density at radius 1 is 1.18 bits per heavy atom. The van der Waals surface area contributed by atoms with E-state index in [0.29, 0.717) is 5.75 Å². The Kier molecular flexibility index (Phi) is 4.94. The van der Waals surface area contributed by atoms with Crippen LogP contribution in [0.3, 0.4) is 0 Å². The van der Waals surface area contributed by atoms with Gasteiger partial charge in [0.05, 0.1) is 0 Å². The number of rotatable bonds is 5. The van der Waals surface area contributed by atoms with Gasteiger partial charge in [-0.2, -0.15) is 5.26 Å². The molecule has 2 N–H and O–H groups in total. The Hall–Kier alpha value is -3.06. The number of benzene rings is 2. The molecule has 0 aliphatic heterocycles. The van der Waals surface area contributed by atoms with Crippen LogP contribution in [-0.2, 0) is 4.79 Å². The van der Waals surface area contributed by atoms with Crippen LogP contribution in [0.5, 0.6) is 5.75 Å². The largest absolute Gasteiger partial charge is 0.486 e. The molecule has 0 bridgehead atoms. The average Bonchev–Trinajstić information content (AvgIpc) is 2.54. The quantitative estimate of drug-likeness (QED) is 0.679. The van der Waals surface area contributed by atoms with Crippen molar-refractivity contribution in [3.8, 4) is 11.8 Å². The van der Waals surface area contributed by atoms with Crippen LogP contribution >= 0.6 is 0 Å². The van der Waals surface area contributed by atoms with E-state index in [1.54, 1.807) is 30.3 Å². The first-order chi connectivity index (χ1) is 10.6. The van der Waals surface area contributed by atoms with E-state index in [-0.39, 0.29) is 11.7 Å². The number of hydrogen-bond donors (Lipinski definition) is 1. The van der Waals surface area contributed by atoms with Crippen molar-refractivity contribution in [3.63, 3.8) is 0 Å². The lowest BCUT2D eigenvalue weighted by Crippen LogP contribution is -2.12. The second kappa shape index (κ2) is 7.09. The molecule has 110 valence electrons. The number of nitrogens with two attached hydrogens (primary N) is 1. The fourth-order valence-corrected chi connectivity index (χ4v) is 1.96. The molecule has 0 fully saturated rings. The Labute approximate surface area is 129 Å². The maximum Gasteiger partial charge on any atom is 0.259 e. The van der Waals surface area contributed by atoms with Crippen molar-refractivity contribution in [2.75, 3.05) is 0 Å².